The van der Waals surface area contributed by atoms with E-state index in [1.54, 1.807) is 0 Å². The van der Waals surface area contributed by atoms with Gasteiger partial charge < -0.3 is 20.3 Å². The van der Waals surface area contributed by atoms with Crippen molar-refractivity contribution in [1.29, 1.82) is 0 Å². The minimum atomic E-state index is -1.09. The fourth-order valence-corrected chi connectivity index (χ4v) is 2.51. The molecule has 1 rings (SSSR count). The summed E-state index contributed by atoms with van der Waals surface area (Å²) in [6.45, 7) is 0.605. The largest absolute Gasteiger partial charge is 0.480 e. The van der Waals surface area contributed by atoms with E-state index in [2.05, 4.69) is 5.32 Å². The topological polar surface area (TPSA) is 95.9 Å². The predicted molar refractivity (Wildman–Crippen MR) is 80.1 cm³/mol. The van der Waals surface area contributed by atoms with Crippen molar-refractivity contribution in [3.8, 4) is 0 Å². The second kappa shape index (κ2) is 10.2. The molecule has 2 unspecified atom stereocenters. The van der Waals surface area contributed by atoms with E-state index in [9.17, 15) is 14.7 Å². The van der Waals surface area contributed by atoms with Crippen LogP contribution in [-0.2, 0) is 20.9 Å². The van der Waals surface area contributed by atoms with Crippen molar-refractivity contribution < 1.29 is 24.5 Å². The highest BCUT2D eigenvalue weighted by Crippen LogP contribution is 2.07. The zero-order chi connectivity index (χ0) is 15.5. The van der Waals surface area contributed by atoms with Gasteiger partial charge >= 0.3 is 5.97 Å². The van der Waals surface area contributed by atoms with Gasteiger partial charge in [-0.25, -0.2) is 4.79 Å². The number of nitrogens with one attached hydrogen (secondary N) is 1. The summed E-state index contributed by atoms with van der Waals surface area (Å²) in [7, 11) is 0. The van der Waals surface area contributed by atoms with Crippen molar-refractivity contribution in [1.82, 2.24) is 5.32 Å². The van der Waals surface area contributed by atoms with Gasteiger partial charge in [-0.15, -0.1) is 0 Å². The number of thioether (sulfide) groups is 1. The molecule has 1 amide bonds. The lowest BCUT2D eigenvalue weighted by Crippen LogP contribution is -2.38. The number of rotatable bonds is 11. The van der Waals surface area contributed by atoms with Gasteiger partial charge in [0, 0.05) is 11.5 Å². The monoisotopic (exact) mass is 313 g/mol. The van der Waals surface area contributed by atoms with E-state index in [1.165, 1.54) is 11.8 Å². The van der Waals surface area contributed by atoms with Crippen molar-refractivity contribution >= 4 is 24.1 Å². The van der Waals surface area contributed by atoms with Gasteiger partial charge in [0.15, 0.2) is 0 Å². The average Bonchev–Trinajstić information content (AvgIpc) is 2.47. The Bertz CT molecular complexity index is 429. The Morgan fingerprint density at radius 3 is 2.67 bits per heavy atom. The molecule has 6 nitrogen and oxygen atoms in total. The summed E-state index contributed by atoms with van der Waals surface area (Å²) in [5.41, 5.74) is 1.03. The van der Waals surface area contributed by atoms with E-state index >= 15 is 0 Å². The lowest BCUT2D eigenvalue weighted by Gasteiger charge is -2.13. The third-order valence-corrected chi connectivity index (χ3v) is 3.77. The zero-order valence-corrected chi connectivity index (χ0v) is 12.3. The number of aliphatic carboxylic acids is 1. The van der Waals surface area contributed by atoms with Crippen molar-refractivity contribution in [2.45, 2.75) is 18.8 Å². The van der Waals surface area contributed by atoms with E-state index in [4.69, 9.17) is 9.84 Å². The number of carboxylic acids is 1. The smallest absolute Gasteiger partial charge is 0.327 e. The van der Waals surface area contributed by atoms with Crippen LogP contribution in [-0.4, -0.2) is 52.9 Å². The molecular weight excluding hydrogens is 294 g/mol. The lowest BCUT2D eigenvalue weighted by atomic mass is 10.2. The Morgan fingerprint density at radius 1 is 1.33 bits per heavy atom. The maximum absolute atomic E-state index is 10.8. The van der Waals surface area contributed by atoms with Crippen LogP contribution in [0.25, 0.3) is 0 Å². The minimum Gasteiger partial charge on any atom is -0.480 e. The molecule has 0 spiro atoms. The van der Waals surface area contributed by atoms with Crippen LogP contribution in [0.3, 0.4) is 0 Å². The Kier molecular flexibility index (Phi) is 8.49. The number of carboxylic acid groups (broad SMARTS) is 1. The van der Waals surface area contributed by atoms with E-state index < -0.39 is 18.1 Å². The normalized spacial score (nSPS) is 13.4. The quantitative estimate of drug-likeness (QED) is 0.515. The van der Waals surface area contributed by atoms with Gasteiger partial charge in [-0.05, 0) is 5.56 Å². The van der Waals surface area contributed by atoms with Crippen molar-refractivity contribution in [2.75, 3.05) is 18.1 Å². The van der Waals surface area contributed by atoms with Crippen molar-refractivity contribution in [2.24, 2.45) is 0 Å². The zero-order valence-electron chi connectivity index (χ0n) is 11.5. The van der Waals surface area contributed by atoms with Crippen LogP contribution in [0.5, 0.6) is 0 Å². The molecule has 3 N–H and O–H groups in total. The highest BCUT2D eigenvalue weighted by Gasteiger charge is 2.16. The highest BCUT2D eigenvalue weighted by molar-refractivity contribution is 7.99. The van der Waals surface area contributed by atoms with Crippen LogP contribution in [0.4, 0.5) is 0 Å². The molecule has 0 aliphatic rings. The number of amides is 1. The van der Waals surface area contributed by atoms with Crippen molar-refractivity contribution in [3.63, 3.8) is 0 Å². The summed E-state index contributed by atoms with van der Waals surface area (Å²) in [5.74, 6) is -0.549. The van der Waals surface area contributed by atoms with E-state index in [-0.39, 0.29) is 12.4 Å². The van der Waals surface area contributed by atoms with Gasteiger partial charge in [0.1, 0.15) is 6.04 Å². The second-order valence-corrected chi connectivity index (χ2v) is 5.44. The van der Waals surface area contributed by atoms with Gasteiger partial charge in [0.2, 0.25) is 6.41 Å². The number of benzene rings is 1. The lowest BCUT2D eigenvalue weighted by molar-refractivity contribution is -0.139. The van der Waals surface area contributed by atoms with Crippen molar-refractivity contribution in [3.05, 3.63) is 35.9 Å². The molecule has 0 radical (unpaired) electrons. The molecule has 116 valence electrons. The molecule has 1 aromatic carbocycles. The van der Waals surface area contributed by atoms with Crippen LogP contribution < -0.4 is 5.32 Å². The summed E-state index contributed by atoms with van der Waals surface area (Å²) in [4.78, 5) is 21.0. The van der Waals surface area contributed by atoms with E-state index in [0.29, 0.717) is 18.8 Å². The first-order valence-corrected chi connectivity index (χ1v) is 7.59. The maximum atomic E-state index is 10.8. The van der Waals surface area contributed by atoms with Gasteiger partial charge in [-0.3, -0.25) is 4.79 Å². The first-order chi connectivity index (χ1) is 10.1. The van der Waals surface area contributed by atoms with Crippen LogP contribution in [0, 0.1) is 0 Å². The molecule has 0 heterocycles. The first-order valence-electron chi connectivity index (χ1n) is 6.43. The number of carbonyl (C=O) groups excluding carboxylic acids is 1. The fraction of sp³-hybridized carbons (Fsp3) is 0.429. The predicted octanol–water partition coefficient (Wildman–Crippen LogP) is 0.496. The Morgan fingerprint density at radius 2 is 2.05 bits per heavy atom. The SMILES string of the molecule is O=CNC(CSCC(O)COCc1ccccc1)C(=O)O. The number of aliphatic hydroxyl groups excluding tert-OH is 1. The number of hydrogen-bond acceptors (Lipinski definition) is 5. The van der Waals surface area contributed by atoms with E-state index in [1.807, 2.05) is 30.3 Å². The summed E-state index contributed by atoms with van der Waals surface area (Å²) >= 11 is 1.25. The summed E-state index contributed by atoms with van der Waals surface area (Å²) in [5, 5.41) is 20.7. The summed E-state index contributed by atoms with van der Waals surface area (Å²) in [6, 6.07) is 8.67. The maximum Gasteiger partial charge on any atom is 0.327 e. The third kappa shape index (κ3) is 7.69. The molecule has 0 aliphatic carbocycles. The highest BCUT2D eigenvalue weighted by atomic mass is 32.2. The second-order valence-electron chi connectivity index (χ2n) is 4.37. The van der Waals surface area contributed by atoms with Crippen LogP contribution >= 0.6 is 11.8 Å². The Labute approximate surface area is 127 Å². The Hall–Kier alpha value is -1.57. The molecule has 0 saturated carbocycles. The summed E-state index contributed by atoms with van der Waals surface area (Å²) in [6.07, 6.45) is -0.317. The fourth-order valence-electron chi connectivity index (χ4n) is 1.53. The molecule has 7 heteroatoms. The molecule has 0 aliphatic heterocycles. The number of aliphatic hydroxyl groups is 1. The first kappa shape index (κ1) is 17.5. The van der Waals surface area contributed by atoms with Gasteiger partial charge in [0.25, 0.3) is 0 Å². The molecular formula is C14H19NO5S. The Balaban J connectivity index is 2.14. The van der Waals surface area contributed by atoms with Crippen LogP contribution in [0.15, 0.2) is 30.3 Å². The van der Waals surface area contributed by atoms with Crippen LogP contribution in [0.2, 0.25) is 0 Å². The van der Waals surface area contributed by atoms with Gasteiger partial charge in [-0.2, -0.15) is 11.8 Å². The number of ether oxygens (including phenoxy) is 1. The molecule has 2 atom stereocenters. The molecule has 0 bridgehead atoms. The molecule has 0 fully saturated rings. The van der Waals surface area contributed by atoms with Gasteiger partial charge in [-0.1, -0.05) is 30.3 Å². The summed E-state index contributed by atoms with van der Waals surface area (Å²) < 4.78 is 5.38. The number of hydrogen-bond donors (Lipinski definition) is 3. The third-order valence-electron chi connectivity index (χ3n) is 2.58. The number of carbonyl (C=O) groups is 2. The standard InChI is InChI=1S/C14H19NO5S/c16-10-15-13(14(18)19)9-21-8-12(17)7-20-6-11-4-2-1-3-5-11/h1-5,10,12-13,17H,6-9H2,(H,15,16)(H,18,19). The van der Waals surface area contributed by atoms with E-state index in [0.717, 1.165) is 5.56 Å². The molecule has 0 aromatic heterocycles. The van der Waals surface area contributed by atoms with Crippen LogP contribution in [0.1, 0.15) is 5.56 Å². The van der Waals surface area contributed by atoms with Gasteiger partial charge in [0.05, 0.1) is 19.3 Å². The minimum absolute atomic E-state index is 0.181. The molecule has 0 saturated heterocycles. The molecule has 1 aromatic rings. The molecule has 21 heavy (non-hydrogen) atoms. The average molecular weight is 313 g/mol.